The van der Waals surface area contributed by atoms with Gasteiger partial charge in [0.15, 0.2) is 5.16 Å². The summed E-state index contributed by atoms with van der Waals surface area (Å²) in [7, 11) is 1.31. The number of carbonyl (C=O) groups excluding carboxylic acids is 2. The van der Waals surface area contributed by atoms with Crippen molar-refractivity contribution in [3.05, 3.63) is 53.1 Å². The molecule has 0 bridgehead atoms. The van der Waals surface area contributed by atoms with Gasteiger partial charge < -0.3 is 15.0 Å². The second kappa shape index (κ2) is 7.58. The fourth-order valence-corrected chi connectivity index (χ4v) is 3.06. The Bertz CT molecular complexity index is 942. The molecule has 1 amide bonds. The van der Waals surface area contributed by atoms with Gasteiger partial charge >= 0.3 is 5.97 Å². The van der Waals surface area contributed by atoms with E-state index >= 15 is 0 Å². The minimum absolute atomic E-state index is 0.177. The predicted molar refractivity (Wildman–Crippen MR) is 98.2 cm³/mol. The van der Waals surface area contributed by atoms with Crippen LogP contribution in [0.4, 0.5) is 5.69 Å². The summed E-state index contributed by atoms with van der Waals surface area (Å²) in [6.07, 6.45) is 0. The number of H-pyrrole nitrogens is 1. The molecule has 0 fully saturated rings. The Morgan fingerprint density at radius 2 is 2.12 bits per heavy atom. The number of nitrogens with one attached hydrogen (secondary N) is 2. The maximum Gasteiger partial charge on any atom is 0.337 e. The molecule has 6 nitrogen and oxygen atoms in total. The smallest absolute Gasteiger partial charge is 0.337 e. The molecule has 0 aliphatic rings. The summed E-state index contributed by atoms with van der Waals surface area (Å²) in [5, 5.41) is 4.00. The number of hydrogen-bond acceptors (Lipinski definition) is 5. The molecule has 0 spiro atoms. The summed E-state index contributed by atoms with van der Waals surface area (Å²) in [5.74, 6) is -0.479. The first-order valence-electron chi connectivity index (χ1n) is 7.31. The highest BCUT2D eigenvalue weighted by atomic mass is 35.5. The van der Waals surface area contributed by atoms with Crippen molar-refractivity contribution < 1.29 is 14.3 Å². The number of benzene rings is 2. The molecule has 0 unspecified atom stereocenters. The van der Waals surface area contributed by atoms with Crippen LogP contribution in [0.25, 0.3) is 11.0 Å². The van der Waals surface area contributed by atoms with Crippen molar-refractivity contribution >= 4 is 52.0 Å². The fraction of sp³-hybridized carbons (Fsp3) is 0.118. The molecule has 1 heterocycles. The van der Waals surface area contributed by atoms with E-state index in [0.717, 1.165) is 11.0 Å². The van der Waals surface area contributed by atoms with Crippen molar-refractivity contribution in [3.8, 4) is 0 Å². The Labute approximate surface area is 152 Å². The average molecular weight is 376 g/mol. The molecule has 3 aromatic rings. The van der Waals surface area contributed by atoms with Crippen LogP contribution >= 0.6 is 23.4 Å². The number of imidazole rings is 1. The lowest BCUT2D eigenvalue weighted by Gasteiger charge is -2.06. The van der Waals surface area contributed by atoms with Gasteiger partial charge in [-0.05, 0) is 36.4 Å². The maximum absolute atomic E-state index is 12.1. The number of methoxy groups -OCH3 is 1. The number of hydrogen-bond donors (Lipinski definition) is 2. The molecule has 3 rings (SSSR count). The van der Waals surface area contributed by atoms with Crippen LogP contribution in [0.3, 0.4) is 0 Å². The van der Waals surface area contributed by atoms with Gasteiger partial charge in [0.2, 0.25) is 5.91 Å². The minimum Gasteiger partial charge on any atom is -0.465 e. The van der Waals surface area contributed by atoms with Crippen molar-refractivity contribution in [1.82, 2.24) is 9.97 Å². The molecule has 0 atom stereocenters. The topological polar surface area (TPSA) is 84.1 Å². The molecular weight excluding hydrogens is 362 g/mol. The predicted octanol–water partition coefficient (Wildman–Crippen LogP) is 3.73. The zero-order chi connectivity index (χ0) is 17.8. The first-order valence-corrected chi connectivity index (χ1v) is 8.68. The monoisotopic (exact) mass is 375 g/mol. The molecule has 0 aliphatic heterocycles. The highest BCUT2D eigenvalue weighted by Gasteiger charge is 2.10. The first-order chi connectivity index (χ1) is 12.0. The minimum atomic E-state index is -0.452. The number of rotatable bonds is 5. The van der Waals surface area contributed by atoms with Crippen molar-refractivity contribution in [3.63, 3.8) is 0 Å². The molecule has 0 saturated heterocycles. The highest BCUT2D eigenvalue weighted by molar-refractivity contribution is 7.99. The Balaban J connectivity index is 1.61. The van der Waals surface area contributed by atoms with Gasteiger partial charge in [-0.3, -0.25) is 4.79 Å². The van der Waals surface area contributed by atoms with Crippen LogP contribution in [0.5, 0.6) is 0 Å². The molecule has 25 heavy (non-hydrogen) atoms. The molecule has 2 aromatic carbocycles. The number of halogens is 1. The van der Waals surface area contributed by atoms with E-state index in [1.54, 1.807) is 36.4 Å². The van der Waals surface area contributed by atoms with Crippen LogP contribution in [0.15, 0.2) is 47.6 Å². The largest absolute Gasteiger partial charge is 0.465 e. The quantitative estimate of drug-likeness (QED) is 0.524. The molecule has 0 radical (unpaired) electrons. The number of thioether (sulfide) groups is 1. The standard InChI is InChI=1S/C17H14ClN3O3S/c1-24-16(23)10-3-2-4-12(7-10)19-15(22)9-25-17-20-13-6-5-11(18)8-14(13)21-17/h2-8H,9H2,1H3,(H,19,22)(H,20,21). The van der Waals surface area contributed by atoms with E-state index in [0.29, 0.717) is 21.4 Å². The third-order valence-electron chi connectivity index (χ3n) is 3.33. The van der Waals surface area contributed by atoms with Crippen LogP contribution in [-0.2, 0) is 9.53 Å². The van der Waals surface area contributed by atoms with E-state index in [1.165, 1.54) is 18.9 Å². The zero-order valence-corrected chi connectivity index (χ0v) is 14.8. The SMILES string of the molecule is COC(=O)c1cccc(NC(=O)CSc2nc3ccc(Cl)cc3[nH]2)c1. The van der Waals surface area contributed by atoms with Crippen molar-refractivity contribution in [2.24, 2.45) is 0 Å². The Hall–Kier alpha value is -2.51. The lowest BCUT2D eigenvalue weighted by Crippen LogP contribution is -2.14. The molecule has 128 valence electrons. The molecule has 1 aromatic heterocycles. The summed E-state index contributed by atoms with van der Waals surface area (Å²) in [6.45, 7) is 0. The number of aromatic nitrogens is 2. The second-order valence-electron chi connectivity index (χ2n) is 5.11. The second-order valence-corrected chi connectivity index (χ2v) is 6.51. The van der Waals surface area contributed by atoms with E-state index in [4.69, 9.17) is 11.6 Å². The van der Waals surface area contributed by atoms with E-state index < -0.39 is 5.97 Å². The van der Waals surface area contributed by atoms with Gasteiger partial charge in [-0.15, -0.1) is 0 Å². The van der Waals surface area contributed by atoms with Gasteiger partial charge in [-0.25, -0.2) is 9.78 Å². The van der Waals surface area contributed by atoms with Crippen LogP contribution in [-0.4, -0.2) is 34.7 Å². The molecule has 2 N–H and O–H groups in total. The zero-order valence-electron chi connectivity index (χ0n) is 13.2. The van der Waals surface area contributed by atoms with Crippen LogP contribution in [0.1, 0.15) is 10.4 Å². The maximum atomic E-state index is 12.1. The number of amides is 1. The fourth-order valence-electron chi connectivity index (χ4n) is 2.20. The number of anilines is 1. The van der Waals surface area contributed by atoms with Crippen LogP contribution in [0, 0.1) is 0 Å². The number of esters is 1. The first kappa shape index (κ1) is 17.3. The van der Waals surface area contributed by atoms with Crippen LogP contribution in [0.2, 0.25) is 5.02 Å². The van der Waals surface area contributed by atoms with Crippen LogP contribution < -0.4 is 5.32 Å². The molecule has 8 heteroatoms. The van der Waals surface area contributed by atoms with Crippen molar-refractivity contribution in [1.29, 1.82) is 0 Å². The Morgan fingerprint density at radius 1 is 1.28 bits per heavy atom. The van der Waals surface area contributed by atoms with Gasteiger partial charge in [0.1, 0.15) is 0 Å². The van der Waals surface area contributed by atoms with E-state index in [1.807, 2.05) is 6.07 Å². The van der Waals surface area contributed by atoms with Gasteiger partial charge in [-0.2, -0.15) is 0 Å². The molecule has 0 saturated carbocycles. The Morgan fingerprint density at radius 3 is 2.92 bits per heavy atom. The van der Waals surface area contributed by atoms with E-state index in [9.17, 15) is 9.59 Å². The molecular formula is C17H14ClN3O3S. The summed E-state index contributed by atoms with van der Waals surface area (Å²) >= 11 is 7.22. The third kappa shape index (κ3) is 4.32. The lowest BCUT2D eigenvalue weighted by molar-refractivity contribution is -0.113. The van der Waals surface area contributed by atoms with Gasteiger partial charge in [0.05, 0.1) is 29.5 Å². The molecule has 0 aliphatic carbocycles. The van der Waals surface area contributed by atoms with E-state index in [-0.39, 0.29) is 11.7 Å². The highest BCUT2D eigenvalue weighted by Crippen LogP contribution is 2.22. The number of carbonyl (C=O) groups is 2. The Kier molecular flexibility index (Phi) is 5.25. The summed E-state index contributed by atoms with van der Waals surface area (Å²) in [6, 6.07) is 11.9. The van der Waals surface area contributed by atoms with Gasteiger partial charge in [0, 0.05) is 10.7 Å². The number of aromatic amines is 1. The normalized spacial score (nSPS) is 10.6. The average Bonchev–Trinajstić information content (AvgIpc) is 3.01. The lowest BCUT2D eigenvalue weighted by atomic mass is 10.2. The van der Waals surface area contributed by atoms with Crippen molar-refractivity contribution in [2.45, 2.75) is 5.16 Å². The summed E-state index contributed by atoms with van der Waals surface area (Å²) < 4.78 is 4.66. The number of fused-ring (bicyclic) bond motifs is 1. The van der Waals surface area contributed by atoms with Gasteiger partial charge in [0.25, 0.3) is 0 Å². The summed E-state index contributed by atoms with van der Waals surface area (Å²) in [5.41, 5.74) is 2.52. The summed E-state index contributed by atoms with van der Waals surface area (Å²) in [4.78, 5) is 31.1. The van der Waals surface area contributed by atoms with E-state index in [2.05, 4.69) is 20.0 Å². The third-order valence-corrected chi connectivity index (χ3v) is 4.44. The number of ether oxygens (including phenoxy) is 1. The van der Waals surface area contributed by atoms with Gasteiger partial charge in [-0.1, -0.05) is 29.4 Å². The van der Waals surface area contributed by atoms with Crippen molar-refractivity contribution in [2.75, 3.05) is 18.2 Å². The number of nitrogens with zero attached hydrogens (tertiary/aromatic N) is 1.